The highest BCUT2D eigenvalue weighted by Gasteiger charge is 2.04. The number of hydrogen-bond acceptors (Lipinski definition) is 7. The lowest BCUT2D eigenvalue weighted by Crippen LogP contribution is -2.34. The van der Waals surface area contributed by atoms with Crippen molar-refractivity contribution >= 4 is 18.0 Å². The first-order valence-electron chi connectivity index (χ1n) is 10.5. The molecule has 0 aliphatic rings. The van der Waals surface area contributed by atoms with Gasteiger partial charge in [0.15, 0.2) is 0 Å². The quantitative estimate of drug-likeness (QED) is 0.304. The van der Waals surface area contributed by atoms with Gasteiger partial charge in [0.25, 0.3) is 0 Å². The Kier molecular flexibility index (Phi) is 11.3. The van der Waals surface area contributed by atoms with Gasteiger partial charge in [0.05, 0.1) is 19.4 Å². The Morgan fingerprint density at radius 2 is 1.82 bits per heavy atom. The first-order valence-corrected chi connectivity index (χ1v) is 10.5. The Morgan fingerprint density at radius 1 is 1.03 bits per heavy atom. The van der Waals surface area contributed by atoms with Crippen molar-refractivity contribution in [1.29, 1.82) is 0 Å². The fraction of sp³-hybridized carbons (Fsp3) is 0.333. The fourth-order valence-corrected chi connectivity index (χ4v) is 2.51. The summed E-state index contributed by atoms with van der Waals surface area (Å²) in [7, 11) is 0. The van der Waals surface area contributed by atoms with Crippen LogP contribution < -0.4 is 15.4 Å². The topological polar surface area (TPSA) is 116 Å². The van der Waals surface area contributed by atoms with Gasteiger partial charge in [-0.05, 0) is 25.0 Å². The lowest BCUT2D eigenvalue weighted by Gasteiger charge is -2.09. The number of amides is 2. The largest absolute Gasteiger partial charge is 0.492 e. The van der Waals surface area contributed by atoms with Crippen molar-refractivity contribution in [3.05, 3.63) is 59.9 Å². The van der Waals surface area contributed by atoms with Crippen LogP contribution in [-0.2, 0) is 25.7 Å². The van der Waals surface area contributed by atoms with Crippen molar-refractivity contribution in [3.63, 3.8) is 0 Å². The van der Waals surface area contributed by atoms with E-state index in [1.807, 2.05) is 30.3 Å². The standard InChI is InChI=1S/C24H27N3O6/c1-2-31-23(29)11-10-20-15-21(17-25-16-20)32-14-6-9-22(28)26-12-13-27-24(30)33-18-19-7-4-3-5-8-19/h3-5,7-8,15-17H,2,6,9,12-14,18H2,1H3,(H,26,28)(H,27,30). The lowest BCUT2D eigenvalue weighted by atomic mass is 10.2. The van der Waals surface area contributed by atoms with Gasteiger partial charge in [-0.2, -0.15) is 0 Å². The molecule has 1 aromatic carbocycles. The molecular weight excluding hydrogens is 426 g/mol. The number of alkyl carbamates (subject to hydrolysis) is 1. The third-order valence-corrected chi connectivity index (χ3v) is 4.04. The number of ether oxygens (including phenoxy) is 3. The monoisotopic (exact) mass is 453 g/mol. The molecule has 2 N–H and O–H groups in total. The number of carbonyl (C=O) groups is 3. The number of benzene rings is 1. The SMILES string of the molecule is CCOC(=O)C#Cc1cncc(OCCCC(=O)NCCNC(=O)OCc2ccccc2)c1. The molecule has 33 heavy (non-hydrogen) atoms. The molecule has 0 saturated heterocycles. The summed E-state index contributed by atoms with van der Waals surface area (Å²) in [6.45, 7) is 3.03. The summed E-state index contributed by atoms with van der Waals surface area (Å²) in [4.78, 5) is 38.8. The zero-order valence-corrected chi connectivity index (χ0v) is 18.5. The molecule has 2 aromatic rings. The van der Waals surface area contributed by atoms with Crippen molar-refractivity contribution < 1.29 is 28.6 Å². The molecule has 1 aromatic heterocycles. The van der Waals surface area contributed by atoms with Crippen LogP contribution in [0.15, 0.2) is 48.8 Å². The van der Waals surface area contributed by atoms with Crippen molar-refractivity contribution in [2.24, 2.45) is 0 Å². The van der Waals surface area contributed by atoms with E-state index >= 15 is 0 Å². The Balaban J connectivity index is 1.55. The summed E-state index contributed by atoms with van der Waals surface area (Å²) in [5, 5.41) is 5.30. The van der Waals surface area contributed by atoms with Crippen LogP contribution in [0.2, 0.25) is 0 Å². The summed E-state index contributed by atoms with van der Waals surface area (Å²) in [6, 6.07) is 11.0. The van der Waals surface area contributed by atoms with E-state index in [4.69, 9.17) is 14.2 Å². The maximum Gasteiger partial charge on any atom is 0.407 e. The van der Waals surface area contributed by atoms with E-state index < -0.39 is 12.1 Å². The van der Waals surface area contributed by atoms with Gasteiger partial charge in [0, 0.05) is 37.2 Å². The van der Waals surface area contributed by atoms with Gasteiger partial charge >= 0.3 is 12.1 Å². The van der Waals surface area contributed by atoms with E-state index in [0.717, 1.165) is 5.56 Å². The number of nitrogens with zero attached hydrogens (tertiary/aromatic N) is 1. The molecule has 0 unspecified atom stereocenters. The maximum atomic E-state index is 11.9. The predicted molar refractivity (Wildman–Crippen MR) is 120 cm³/mol. The Bertz CT molecular complexity index is 969. The second-order valence-corrected chi connectivity index (χ2v) is 6.67. The van der Waals surface area contributed by atoms with E-state index in [-0.39, 0.29) is 32.1 Å². The number of rotatable bonds is 11. The molecule has 9 heteroatoms. The van der Waals surface area contributed by atoms with E-state index in [0.29, 0.717) is 30.9 Å². The molecule has 174 valence electrons. The first-order chi connectivity index (χ1) is 16.1. The van der Waals surface area contributed by atoms with Gasteiger partial charge in [-0.1, -0.05) is 36.3 Å². The normalized spacial score (nSPS) is 9.73. The molecule has 0 radical (unpaired) electrons. The molecule has 0 fully saturated rings. The zero-order chi connectivity index (χ0) is 23.7. The van der Waals surface area contributed by atoms with Crippen molar-refractivity contribution in [3.8, 4) is 17.6 Å². The molecule has 0 saturated carbocycles. The molecule has 0 aliphatic carbocycles. The highest BCUT2D eigenvalue weighted by molar-refractivity contribution is 5.89. The summed E-state index contributed by atoms with van der Waals surface area (Å²) in [5.74, 6) is 4.76. The van der Waals surface area contributed by atoms with Crippen LogP contribution in [0.1, 0.15) is 30.9 Å². The summed E-state index contributed by atoms with van der Waals surface area (Å²) >= 11 is 0. The molecule has 0 aliphatic heterocycles. The molecule has 2 rings (SSSR count). The Labute approximate surface area is 192 Å². The second-order valence-electron chi connectivity index (χ2n) is 6.67. The van der Waals surface area contributed by atoms with E-state index in [9.17, 15) is 14.4 Å². The summed E-state index contributed by atoms with van der Waals surface area (Å²) in [5.41, 5.74) is 1.42. The number of nitrogens with one attached hydrogen (secondary N) is 2. The van der Waals surface area contributed by atoms with Crippen LogP contribution in [0.3, 0.4) is 0 Å². The first kappa shape index (κ1) is 25.2. The number of hydrogen-bond donors (Lipinski definition) is 2. The predicted octanol–water partition coefficient (Wildman–Crippen LogP) is 2.20. The van der Waals surface area contributed by atoms with Crippen LogP contribution in [0.4, 0.5) is 4.79 Å². The van der Waals surface area contributed by atoms with Crippen LogP contribution in [0, 0.1) is 11.8 Å². The summed E-state index contributed by atoms with van der Waals surface area (Å²) < 4.78 is 15.4. The molecule has 2 amide bonds. The van der Waals surface area contributed by atoms with Crippen LogP contribution in [0.5, 0.6) is 5.75 Å². The third-order valence-electron chi connectivity index (χ3n) is 4.04. The average Bonchev–Trinajstić information content (AvgIpc) is 2.83. The van der Waals surface area contributed by atoms with Gasteiger partial charge < -0.3 is 24.8 Å². The zero-order valence-electron chi connectivity index (χ0n) is 18.5. The number of pyridine rings is 1. The highest BCUT2D eigenvalue weighted by atomic mass is 16.5. The number of carbonyl (C=O) groups excluding carboxylic acids is 3. The van der Waals surface area contributed by atoms with E-state index in [1.165, 1.54) is 12.4 Å². The smallest absolute Gasteiger partial charge is 0.407 e. The number of esters is 1. The molecule has 0 atom stereocenters. The Hall–Kier alpha value is -4.06. The van der Waals surface area contributed by atoms with Crippen LogP contribution in [-0.4, -0.2) is 49.3 Å². The highest BCUT2D eigenvalue weighted by Crippen LogP contribution is 2.11. The maximum absolute atomic E-state index is 11.9. The Morgan fingerprint density at radius 3 is 2.61 bits per heavy atom. The van der Waals surface area contributed by atoms with E-state index in [2.05, 4.69) is 27.5 Å². The van der Waals surface area contributed by atoms with Crippen LogP contribution >= 0.6 is 0 Å². The fourth-order valence-electron chi connectivity index (χ4n) is 2.51. The molecule has 1 heterocycles. The van der Waals surface area contributed by atoms with Crippen LogP contribution in [0.25, 0.3) is 0 Å². The van der Waals surface area contributed by atoms with Gasteiger partial charge in [-0.25, -0.2) is 9.59 Å². The van der Waals surface area contributed by atoms with Gasteiger partial charge in [-0.3, -0.25) is 9.78 Å². The lowest BCUT2D eigenvalue weighted by molar-refractivity contribution is -0.136. The van der Waals surface area contributed by atoms with Gasteiger partial charge in [0.1, 0.15) is 12.4 Å². The van der Waals surface area contributed by atoms with Crippen molar-refractivity contribution in [2.45, 2.75) is 26.4 Å². The molecule has 0 bridgehead atoms. The van der Waals surface area contributed by atoms with Gasteiger partial charge in [0.2, 0.25) is 5.91 Å². The molecule has 9 nitrogen and oxygen atoms in total. The van der Waals surface area contributed by atoms with Crippen molar-refractivity contribution in [2.75, 3.05) is 26.3 Å². The second kappa shape index (κ2) is 14.9. The number of aromatic nitrogens is 1. The average molecular weight is 453 g/mol. The minimum Gasteiger partial charge on any atom is -0.492 e. The molecular formula is C24H27N3O6. The van der Waals surface area contributed by atoms with E-state index in [1.54, 1.807) is 13.0 Å². The minimum atomic E-state index is -0.603. The third kappa shape index (κ3) is 11.2. The minimum absolute atomic E-state index is 0.148. The summed E-state index contributed by atoms with van der Waals surface area (Å²) in [6.07, 6.45) is 3.27. The molecule has 0 spiro atoms. The van der Waals surface area contributed by atoms with Crippen molar-refractivity contribution in [1.82, 2.24) is 15.6 Å². The van der Waals surface area contributed by atoms with Gasteiger partial charge in [-0.15, -0.1) is 0 Å².